The third-order valence-electron chi connectivity index (χ3n) is 6.51. The lowest BCUT2D eigenvalue weighted by Gasteiger charge is -2.22. The van der Waals surface area contributed by atoms with Crippen LogP contribution in [0.15, 0.2) is 30.7 Å². The van der Waals surface area contributed by atoms with Crippen LogP contribution in [0.2, 0.25) is 5.02 Å². The number of aliphatic carboxylic acids is 1. The monoisotopic (exact) mass is 623 g/mol. The summed E-state index contributed by atoms with van der Waals surface area (Å²) in [6.07, 6.45) is -2.10. The number of carbonyl (C=O) groups excluding carboxylic acids is 1. The van der Waals surface area contributed by atoms with Gasteiger partial charge >= 0.3 is 12.1 Å². The van der Waals surface area contributed by atoms with Crippen LogP contribution in [0.3, 0.4) is 0 Å². The third kappa shape index (κ3) is 6.94. The summed E-state index contributed by atoms with van der Waals surface area (Å²) in [5.41, 5.74) is 10.7. The third-order valence-corrected chi connectivity index (χ3v) is 6.90. The van der Waals surface area contributed by atoms with Crippen molar-refractivity contribution in [1.82, 2.24) is 29.6 Å². The summed E-state index contributed by atoms with van der Waals surface area (Å²) in [6, 6.07) is 5.05. The molecule has 0 fully saturated rings. The molecule has 1 atom stereocenters. The predicted octanol–water partition coefficient (Wildman–Crippen LogP) is 4.06. The number of rotatable bonds is 7. The molecule has 1 unspecified atom stereocenters. The zero-order chi connectivity index (χ0) is 32.2. The minimum Gasteiger partial charge on any atom is -0.496 e. The van der Waals surface area contributed by atoms with E-state index in [1.165, 1.54) is 11.2 Å². The number of hydrogen-bond acceptors (Lipinski definition) is 9. The highest BCUT2D eigenvalue weighted by atomic mass is 35.5. The number of halogens is 4. The Hall–Kier alpha value is -4.50. The predicted molar refractivity (Wildman–Crippen MR) is 152 cm³/mol. The van der Waals surface area contributed by atoms with Crippen molar-refractivity contribution >= 4 is 40.3 Å². The van der Waals surface area contributed by atoms with Crippen LogP contribution < -0.4 is 10.5 Å². The lowest BCUT2D eigenvalue weighted by Crippen LogP contribution is -2.30. The largest absolute Gasteiger partial charge is 0.496 e. The normalized spacial score (nSPS) is 12.0. The molecule has 0 bridgehead atoms. The van der Waals surface area contributed by atoms with Crippen LogP contribution in [0.4, 0.5) is 19.0 Å². The first-order valence-corrected chi connectivity index (χ1v) is 13.0. The van der Waals surface area contributed by atoms with Gasteiger partial charge in [-0.15, -0.1) is 0 Å². The minimum atomic E-state index is -5.08. The fourth-order valence-corrected chi connectivity index (χ4v) is 4.56. The molecule has 0 saturated carbocycles. The molecule has 3 heterocycles. The molecule has 4 aromatic rings. The molecule has 0 aliphatic carbocycles. The van der Waals surface area contributed by atoms with Gasteiger partial charge in [-0.1, -0.05) is 11.6 Å². The number of benzene rings is 1. The second kappa shape index (κ2) is 13.2. The number of carboxylic acids is 1. The molecule has 4 rings (SSSR count). The van der Waals surface area contributed by atoms with E-state index in [9.17, 15) is 23.1 Å². The van der Waals surface area contributed by atoms with Gasteiger partial charge < -0.3 is 25.6 Å². The Morgan fingerprint density at radius 3 is 2.44 bits per heavy atom. The highest BCUT2D eigenvalue weighted by molar-refractivity contribution is 6.32. The van der Waals surface area contributed by atoms with Crippen LogP contribution in [-0.4, -0.2) is 85.2 Å². The van der Waals surface area contributed by atoms with Crippen molar-refractivity contribution in [1.29, 1.82) is 0 Å². The number of nitrogens with zero attached hydrogens (tertiary/aromatic N) is 6. The van der Waals surface area contributed by atoms with Gasteiger partial charge in [-0.2, -0.15) is 18.3 Å². The summed E-state index contributed by atoms with van der Waals surface area (Å²) in [4.78, 5) is 35.9. The molecule has 12 nitrogen and oxygen atoms in total. The number of amides is 1. The number of aromatic nitrogens is 5. The van der Waals surface area contributed by atoms with E-state index in [0.717, 1.165) is 27.9 Å². The number of aliphatic hydroxyl groups is 1. The van der Waals surface area contributed by atoms with Crippen LogP contribution in [0.1, 0.15) is 40.3 Å². The number of hydrogen-bond donors (Lipinski definition) is 3. The Morgan fingerprint density at radius 1 is 1.21 bits per heavy atom. The van der Waals surface area contributed by atoms with Crippen molar-refractivity contribution in [2.75, 3.05) is 33.0 Å². The van der Waals surface area contributed by atoms with Crippen molar-refractivity contribution in [3.63, 3.8) is 0 Å². The first kappa shape index (κ1) is 33.0. The number of aliphatic hydroxyl groups excluding tert-OH is 1. The zero-order valence-electron chi connectivity index (χ0n) is 23.8. The minimum absolute atomic E-state index is 0.136. The van der Waals surface area contributed by atoms with Gasteiger partial charge in [0.1, 0.15) is 23.6 Å². The van der Waals surface area contributed by atoms with E-state index in [1.54, 1.807) is 37.2 Å². The average Bonchev–Trinajstić information content (AvgIpc) is 3.30. The number of nitrogen functional groups attached to an aromatic ring is 1. The quantitative estimate of drug-likeness (QED) is 0.273. The van der Waals surface area contributed by atoms with Gasteiger partial charge in [-0.25, -0.2) is 19.4 Å². The molecule has 0 aliphatic rings. The number of carboxylic acid groups (broad SMARTS) is 1. The summed E-state index contributed by atoms with van der Waals surface area (Å²) in [6.45, 7) is 5.80. The maximum Gasteiger partial charge on any atom is 0.490 e. The van der Waals surface area contributed by atoms with Gasteiger partial charge in [-0.3, -0.25) is 9.78 Å². The topological polar surface area (TPSA) is 170 Å². The molecule has 0 aliphatic heterocycles. The molecule has 4 N–H and O–H groups in total. The van der Waals surface area contributed by atoms with Crippen molar-refractivity contribution in [3.8, 4) is 16.9 Å². The van der Waals surface area contributed by atoms with Gasteiger partial charge in [-0.05, 0) is 50.1 Å². The van der Waals surface area contributed by atoms with E-state index in [-0.39, 0.29) is 30.8 Å². The highest BCUT2D eigenvalue weighted by Gasteiger charge is 2.38. The Morgan fingerprint density at radius 2 is 1.86 bits per heavy atom. The molecule has 43 heavy (non-hydrogen) atoms. The summed E-state index contributed by atoms with van der Waals surface area (Å²) >= 11 is 6.72. The molecule has 3 aromatic heterocycles. The molecule has 0 saturated heterocycles. The second-order valence-corrected chi connectivity index (χ2v) is 9.73. The van der Waals surface area contributed by atoms with Crippen molar-refractivity contribution < 1.29 is 37.7 Å². The standard InChI is InChI=1S/C25H28ClN7O3.C2HF3O2/c1-13-18(26)11-17(15(3)33-24-21(14(2)31-33)23(27)29-12-30-24)22(36-5)20(13)16-6-7-28-19(10-16)25(35)32(4)8-9-34;3-2(4,5)1(6)7/h6-7,10-12,15,34H,8-9H2,1-5H3,(H2,27,29,30);(H,6,7). The van der Waals surface area contributed by atoms with Gasteiger partial charge in [0.2, 0.25) is 0 Å². The Kier molecular flexibility index (Phi) is 10.1. The van der Waals surface area contributed by atoms with Crippen LogP contribution in [-0.2, 0) is 4.79 Å². The van der Waals surface area contributed by atoms with Crippen LogP contribution in [0, 0.1) is 13.8 Å². The molecule has 0 radical (unpaired) electrons. The number of ether oxygens (including phenoxy) is 1. The SMILES string of the molecule is COc1c(C(C)n2nc(C)c3c(N)ncnc32)cc(Cl)c(C)c1-c1ccnc(C(=O)N(C)CCO)c1.O=C(O)C(F)(F)F. The van der Waals surface area contributed by atoms with E-state index in [4.69, 9.17) is 32.0 Å². The number of methoxy groups -OCH3 is 1. The van der Waals surface area contributed by atoms with Crippen LogP contribution >= 0.6 is 11.6 Å². The van der Waals surface area contributed by atoms with E-state index in [0.29, 0.717) is 27.6 Å². The number of pyridine rings is 1. The fraction of sp³-hybridized carbons (Fsp3) is 0.333. The number of likely N-dealkylation sites (N-methyl/N-ethyl adjacent to an activating group) is 1. The lowest BCUT2D eigenvalue weighted by atomic mass is 9.94. The lowest BCUT2D eigenvalue weighted by molar-refractivity contribution is -0.192. The number of alkyl halides is 3. The van der Waals surface area contributed by atoms with Crippen molar-refractivity contribution in [2.24, 2.45) is 0 Å². The maximum atomic E-state index is 12.8. The first-order valence-electron chi connectivity index (χ1n) is 12.6. The molecular weight excluding hydrogens is 595 g/mol. The molecule has 1 aromatic carbocycles. The highest BCUT2D eigenvalue weighted by Crippen LogP contribution is 2.43. The van der Waals surface area contributed by atoms with Crippen LogP contribution in [0.5, 0.6) is 5.75 Å². The van der Waals surface area contributed by atoms with Gasteiger partial charge in [0.05, 0.1) is 30.8 Å². The molecule has 1 amide bonds. The number of aryl methyl sites for hydroxylation is 1. The van der Waals surface area contributed by atoms with E-state index in [2.05, 4.69) is 20.1 Å². The Balaban J connectivity index is 0.000000646. The average molecular weight is 624 g/mol. The molecule has 16 heteroatoms. The van der Waals surface area contributed by atoms with Gasteiger partial charge in [0.15, 0.2) is 5.65 Å². The number of carbonyl (C=O) groups is 2. The second-order valence-electron chi connectivity index (χ2n) is 9.33. The van der Waals surface area contributed by atoms with Gasteiger partial charge in [0, 0.05) is 35.9 Å². The van der Waals surface area contributed by atoms with E-state index in [1.807, 2.05) is 26.8 Å². The summed E-state index contributed by atoms with van der Waals surface area (Å²) < 4.78 is 39.4. The smallest absolute Gasteiger partial charge is 0.490 e. The summed E-state index contributed by atoms with van der Waals surface area (Å²) in [7, 11) is 3.21. The molecular formula is C27H29ClF3N7O5. The maximum absolute atomic E-state index is 12.8. The number of nitrogens with two attached hydrogens (primary N) is 1. The molecule has 230 valence electrons. The number of fused-ring (bicyclic) bond motifs is 1. The fourth-order valence-electron chi connectivity index (χ4n) is 4.34. The van der Waals surface area contributed by atoms with E-state index < -0.39 is 12.1 Å². The van der Waals surface area contributed by atoms with Gasteiger partial charge in [0.25, 0.3) is 5.91 Å². The summed E-state index contributed by atoms with van der Waals surface area (Å²) in [5.74, 6) is -2.09. The zero-order valence-corrected chi connectivity index (χ0v) is 24.5. The van der Waals surface area contributed by atoms with Crippen LogP contribution in [0.25, 0.3) is 22.2 Å². The Bertz CT molecular complexity index is 1660. The molecule has 0 spiro atoms. The first-order chi connectivity index (χ1) is 20.1. The number of anilines is 1. The summed E-state index contributed by atoms with van der Waals surface area (Å²) in [5, 5.41) is 22.2. The van der Waals surface area contributed by atoms with E-state index >= 15 is 0 Å². The van der Waals surface area contributed by atoms with Crippen molar-refractivity contribution in [2.45, 2.75) is 33.0 Å². The Labute approximate surface area is 248 Å². The van der Waals surface area contributed by atoms with Crippen molar-refractivity contribution in [3.05, 3.63) is 58.3 Å².